The van der Waals surface area contributed by atoms with Crippen LogP contribution in [0.25, 0.3) is 12.2 Å². The molecule has 2 aromatic rings. The lowest BCUT2D eigenvalue weighted by Gasteiger charge is -2.12. The van der Waals surface area contributed by atoms with Crippen molar-refractivity contribution in [2.45, 2.75) is 13.3 Å². The zero-order chi connectivity index (χ0) is 25.5. The minimum absolute atomic E-state index is 0.0695. The van der Waals surface area contributed by atoms with E-state index >= 15 is 0 Å². The number of hydrogen-bond acceptors (Lipinski definition) is 8. The Morgan fingerprint density at radius 3 is 2.72 bits per heavy atom. The summed E-state index contributed by atoms with van der Waals surface area (Å²) in [6, 6.07) is 10.7. The fourth-order valence-electron chi connectivity index (χ4n) is 3.49. The van der Waals surface area contributed by atoms with Crippen molar-refractivity contribution in [3.8, 4) is 23.0 Å². The minimum atomic E-state index is -0.398. The molecular weight excluding hydrogens is 484 g/mol. The van der Waals surface area contributed by atoms with Gasteiger partial charge in [0.15, 0.2) is 23.0 Å². The van der Waals surface area contributed by atoms with Crippen molar-refractivity contribution in [3.63, 3.8) is 0 Å². The molecule has 2 heterocycles. The van der Waals surface area contributed by atoms with E-state index in [1.807, 2.05) is 13.0 Å². The monoisotopic (exact) mass is 510 g/mol. The minimum Gasteiger partial charge on any atom is -0.493 e. The third kappa shape index (κ3) is 6.01. The van der Waals surface area contributed by atoms with Crippen molar-refractivity contribution in [3.05, 3.63) is 58.5 Å². The number of carbonyl (C=O) groups excluding carboxylic acids is 3. The number of thioether (sulfide) groups is 1. The summed E-state index contributed by atoms with van der Waals surface area (Å²) in [4.78, 5) is 38.7. The van der Waals surface area contributed by atoms with Gasteiger partial charge in [-0.1, -0.05) is 19.1 Å². The summed E-state index contributed by atoms with van der Waals surface area (Å²) in [5.74, 6) is 1.72. The Morgan fingerprint density at radius 2 is 1.92 bits per heavy atom. The molecule has 3 amide bonds. The molecule has 2 aliphatic rings. The second kappa shape index (κ2) is 11.7. The average molecular weight is 511 g/mol. The van der Waals surface area contributed by atoms with Crippen molar-refractivity contribution in [1.29, 1.82) is 0 Å². The molecule has 188 valence electrons. The number of rotatable bonds is 10. The van der Waals surface area contributed by atoms with Crippen LogP contribution in [0.15, 0.2) is 47.4 Å². The molecule has 10 heteroatoms. The first kappa shape index (κ1) is 25.2. The van der Waals surface area contributed by atoms with Crippen LogP contribution in [0.5, 0.6) is 23.0 Å². The summed E-state index contributed by atoms with van der Waals surface area (Å²) in [7, 11) is 1.56. The maximum Gasteiger partial charge on any atom is 0.293 e. The summed E-state index contributed by atoms with van der Waals surface area (Å²) in [5.41, 5.74) is 1.50. The summed E-state index contributed by atoms with van der Waals surface area (Å²) >= 11 is 0.863. The second-order valence-corrected chi connectivity index (χ2v) is 8.82. The van der Waals surface area contributed by atoms with Crippen LogP contribution in [-0.2, 0) is 9.59 Å². The number of hydrogen-bond donors (Lipinski definition) is 1. The van der Waals surface area contributed by atoms with Gasteiger partial charge >= 0.3 is 0 Å². The van der Waals surface area contributed by atoms with Crippen LogP contribution in [-0.4, -0.2) is 55.6 Å². The normalized spacial score (nSPS) is 15.7. The lowest BCUT2D eigenvalue weighted by molar-refractivity contribution is -0.123. The number of ether oxygens (including phenoxy) is 4. The van der Waals surface area contributed by atoms with Gasteiger partial charge in [0.05, 0.1) is 18.6 Å². The van der Waals surface area contributed by atoms with Gasteiger partial charge in [-0.25, -0.2) is 0 Å². The van der Waals surface area contributed by atoms with E-state index in [0.29, 0.717) is 34.5 Å². The van der Waals surface area contributed by atoms with E-state index in [-0.39, 0.29) is 31.0 Å². The number of nitrogens with zero attached hydrogens (tertiary/aromatic N) is 1. The highest BCUT2D eigenvalue weighted by Crippen LogP contribution is 2.36. The van der Waals surface area contributed by atoms with Crippen molar-refractivity contribution in [1.82, 2.24) is 10.2 Å². The highest BCUT2D eigenvalue weighted by atomic mass is 32.2. The Bertz CT molecular complexity index is 1220. The molecule has 1 N–H and O–H groups in total. The molecule has 0 aliphatic carbocycles. The average Bonchev–Trinajstić information content (AvgIpc) is 3.45. The van der Waals surface area contributed by atoms with Gasteiger partial charge < -0.3 is 24.3 Å². The van der Waals surface area contributed by atoms with E-state index in [4.69, 9.17) is 18.9 Å². The van der Waals surface area contributed by atoms with Crippen LogP contribution >= 0.6 is 11.8 Å². The zero-order valence-corrected chi connectivity index (χ0v) is 20.8. The topological polar surface area (TPSA) is 103 Å². The molecule has 0 aromatic heterocycles. The van der Waals surface area contributed by atoms with Gasteiger partial charge in [0, 0.05) is 19.2 Å². The molecule has 2 aliphatic heterocycles. The van der Waals surface area contributed by atoms with Gasteiger partial charge in [-0.15, -0.1) is 0 Å². The fraction of sp³-hybridized carbons (Fsp3) is 0.269. The molecule has 0 radical (unpaired) electrons. The fourth-order valence-corrected chi connectivity index (χ4v) is 4.35. The molecular formula is C26H26N2O7S. The van der Waals surface area contributed by atoms with E-state index in [9.17, 15) is 14.4 Å². The molecule has 36 heavy (non-hydrogen) atoms. The Balaban J connectivity index is 1.29. The summed E-state index contributed by atoms with van der Waals surface area (Å²) < 4.78 is 21.6. The van der Waals surface area contributed by atoms with E-state index < -0.39 is 5.91 Å². The number of benzene rings is 2. The van der Waals surface area contributed by atoms with E-state index in [0.717, 1.165) is 34.2 Å². The standard InChI is InChI=1S/C26H26N2O7S/c1-3-12-33-19-7-4-17(13-21(19)32-2)6-9-24(29)27-10-11-28-25(30)23(36-26(28)31)15-18-5-8-20-22(14-18)35-16-34-20/h4-9,13-15H,3,10-12,16H2,1-2H3,(H,27,29)/b9-6+,23-15+. The van der Waals surface area contributed by atoms with Crippen LogP contribution in [0.2, 0.25) is 0 Å². The maximum absolute atomic E-state index is 12.7. The number of carbonyl (C=O) groups is 3. The molecule has 0 atom stereocenters. The van der Waals surface area contributed by atoms with Crippen molar-refractivity contribution >= 4 is 41.0 Å². The quantitative estimate of drug-likeness (QED) is 0.477. The van der Waals surface area contributed by atoms with Crippen molar-refractivity contribution in [2.75, 3.05) is 33.6 Å². The molecule has 2 aromatic carbocycles. The molecule has 4 rings (SSSR count). The maximum atomic E-state index is 12.7. The predicted octanol–water partition coefficient (Wildman–Crippen LogP) is 4.08. The van der Waals surface area contributed by atoms with Crippen LogP contribution in [0.3, 0.4) is 0 Å². The SMILES string of the molecule is CCCOc1ccc(/C=C/C(=O)NCCN2C(=O)S/C(=C/c3ccc4c(c3)OCO4)C2=O)cc1OC. The van der Waals surface area contributed by atoms with Crippen LogP contribution in [0.4, 0.5) is 4.79 Å². The number of methoxy groups -OCH3 is 1. The zero-order valence-electron chi connectivity index (χ0n) is 19.9. The van der Waals surface area contributed by atoms with E-state index in [1.165, 1.54) is 6.08 Å². The lowest BCUT2D eigenvalue weighted by Crippen LogP contribution is -2.36. The summed E-state index contributed by atoms with van der Waals surface area (Å²) in [5, 5.41) is 2.31. The number of imide groups is 1. The van der Waals surface area contributed by atoms with E-state index in [1.54, 1.807) is 49.6 Å². The van der Waals surface area contributed by atoms with Gasteiger partial charge in [-0.3, -0.25) is 19.3 Å². The molecule has 1 saturated heterocycles. The summed E-state index contributed by atoms with van der Waals surface area (Å²) in [6.45, 7) is 2.97. The first-order valence-electron chi connectivity index (χ1n) is 11.4. The van der Waals surface area contributed by atoms with E-state index in [2.05, 4.69) is 5.32 Å². The number of amides is 3. The van der Waals surface area contributed by atoms with Crippen molar-refractivity contribution in [2.24, 2.45) is 0 Å². The Hall–Kier alpha value is -3.92. The van der Waals surface area contributed by atoms with Gasteiger partial charge in [-0.2, -0.15) is 0 Å². The van der Waals surface area contributed by atoms with Gasteiger partial charge in [-0.05, 0) is 65.7 Å². The molecule has 9 nitrogen and oxygen atoms in total. The number of nitrogens with one attached hydrogen (secondary N) is 1. The third-order valence-electron chi connectivity index (χ3n) is 5.28. The Labute approximate surface area is 213 Å². The highest BCUT2D eigenvalue weighted by Gasteiger charge is 2.34. The van der Waals surface area contributed by atoms with Gasteiger partial charge in [0.1, 0.15) is 0 Å². The lowest BCUT2D eigenvalue weighted by atomic mass is 10.2. The molecule has 1 fully saturated rings. The number of fused-ring (bicyclic) bond motifs is 1. The molecule has 0 saturated carbocycles. The third-order valence-corrected chi connectivity index (χ3v) is 6.19. The predicted molar refractivity (Wildman–Crippen MR) is 136 cm³/mol. The first-order valence-corrected chi connectivity index (χ1v) is 12.2. The van der Waals surface area contributed by atoms with Gasteiger partial charge in [0.25, 0.3) is 11.1 Å². The van der Waals surface area contributed by atoms with Gasteiger partial charge in [0.2, 0.25) is 12.7 Å². The van der Waals surface area contributed by atoms with Crippen LogP contribution < -0.4 is 24.3 Å². The largest absolute Gasteiger partial charge is 0.493 e. The molecule has 0 unspecified atom stereocenters. The second-order valence-electron chi connectivity index (χ2n) is 7.83. The summed E-state index contributed by atoms with van der Waals surface area (Å²) in [6.07, 6.45) is 5.56. The van der Waals surface area contributed by atoms with Crippen LogP contribution in [0, 0.1) is 0 Å². The Kier molecular flexibility index (Phi) is 8.17. The molecule has 0 spiro atoms. The molecule has 0 bridgehead atoms. The van der Waals surface area contributed by atoms with Crippen LogP contribution in [0.1, 0.15) is 24.5 Å². The Morgan fingerprint density at radius 1 is 1.11 bits per heavy atom. The highest BCUT2D eigenvalue weighted by molar-refractivity contribution is 8.18. The van der Waals surface area contributed by atoms with Crippen molar-refractivity contribution < 1.29 is 33.3 Å². The first-order chi connectivity index (χ1) is 17.5. The smallest absolute Gasteiger partial charge is 0.293 e.